The summed E-state index contributed by atoms with van der Waals surface area (Å²) in [7, 11) is 0. The van der Waals surface area contributed by atoms with Crippen LogP contribution in [0, 0.1) is 0 Å². The van der Waals surface area contributed by atoms with Crippen LogP contribution in [-0.4, -0.2) is 4.98 Å². The summed E-state index contributed by atoms with van der Waals surface area (Å²) in [5, 5.41) is 5.46. The Balaban J connectivity index is 1.09. The van der Waals surface area contributed by atoms with Crippen molar-refractivity contribution in [3.63, 3.8) is 0 Å². The van der Waals surface area contributed by atoms with Crippen molar-refractivity contribution in [1.29, 1.82) is 0 Å². The van der Waals surface area contributed by atoms with Gasteiger partial charge in [-0.3, -0.25) is 4.98 Å². The fraction of sp³-hybridized carbons (Fsp3) is 0. The number of pyridine rings is 1. The molecule has 0 bridgehead atoms. The summed E-state index contributed by atoms with van der Waals surface area (Å²) in [5.74, 6) is 0. The van der Waals surface area contributed by atoms with Crippen LogP contribution in [0.3, 0.4) is 0 Å². The zero-order valence-corrected chi connectivity index (χ0v) is 26.4. The molecule has 0 spiro atoms. The fourth-order valence-corrected chi connectivity index (χ4v) is 7.14. The number of fused-ring (bicyclic) bond motifs is 8. The number of aromatic nitrogens is 1. The van der Waals surface area contributed by atoms with Crippen molar-refractivity contribution < 1.29 is 8.83 Å². The van der Waals surface area contributed by atoms with Crippen molar-refractivity contribution >= 4 is 71.8 Å². The normalized spacial score (nSPS) is 11.7. The van der Waals surface area contributed by atoms with Crippen molar-refractivity contribution in [3.8, 4) is 22.3 Å². The monoisotopic (exact) mass is 628 g/mol. The zero-order valence-electron chi connectivity index (χ0n) is 26.4. The average Bonchev–Trinajstić information content (AvgIpc) is 3.75. The number of hydrogen-bond acceptors (Lipinski definition) is 4. The Labute approximate surface area is 282 Å². The molecule has 7 aromatic carbocycles. The molecule has 4 heteroatoms. The van der Waals surface area contributed by atoms with Crippen molar-refractivity contribution in [2.45, 2.75) is 0 Å². The number of nitrogens with zero attached hydrogens (tertiary/aromatic N) is 2. The van der Waals surface area contributed by atoms with E-state index in [2.05, 4.69) is 138 Å². The molecule has 3 aromatic heterocycles. The molecule has 0 saturated carbocycles. The van der Waals surface area contributed by atoms with Crippen LogP contribution in [0.15, 0.2) is 179 Å². The Morgan fingerprint density at radius 2 is 1.08 bits per heavy atom. The summed E-state index contributed by atoms with van der Waals surface area (Å²) in [6.45, 7) is 0. The van der Waals surface area contributed by atoms with Crippen molar-refractivity contribution in [2.24, 2.45) is 0 Å². The summed E-state index contributed by atoms with van der Waals surface area (Å²) < 4.78 is 12.7. The third-order valence-electron chi connectivity index (χ3n) is 9.51. The minimum Gasteiger partial charge on any atom is -0.456 e. The molecule has 10 rings (SSSR count). The molecule has 0 unspecified atom stereocenters. The van der Waals surface area contributed by atoms with Gasteiger partial charge in [0.15, 0.2) is 5.58 Å². The van der Waals surface area contributed by atoms with Gasteiger partial charge in [0.2, 0.25) is 0 Å². The van der Waals surface area contributed by atoms with Gasteiger partial charge in [-0.1, -0.05) is 109 Å². The number of anilines is 3. The lowest BCUT2D eigenvalue weighted by atomic mass is 10.0. The molecule has 230 valence electrons. The highest BCUT2D eigenvalue weighted by molar-refractivity contribution is 6.15. The molecule has 3 heterocycles. The number of para-hydroxylation sites is 1. The van der Waals surface area contributed by atoms with Gasteiger partial charge in [0.1, 0.15) is 22.3 Å². The maximum atomic E-state index is 6.44. The van der Waals surface area contributed by atoms with E-state index in [1.807, 2.05) is 36.5 Å². The predicted octanol–water partition coefficient (Wildman–Crippen LogP) is 12.8. The molecule has 10 aromatic rings. The molecule has 0 N–H and O–H groups in total. The molecule has 0 saturated heterocycles. The first-order valence-electron chi connectivity index (χ1n) is 16.4. The quantitative estimate of drug-likeness (QED) is 0.190. The number of hydrogen-bond donors (Lipinski definition) is 0. The van der Waals surface area contributed by atoms with Crippen LogP contribution in [0.2, 0.25) is 0 Å². The van der Waals surface area contributed by atoms with Gasteiger partial charge in [-0.25, -0.2) is 0 Å². The lowest BCUT2D eigenvalue weighted by molar-refractivity contribution is 0.669. The Hall–Kier alpha value is -6.65. The van der Waals surface area contributed by atoms with Gasteiger partial charge in [0, 0.05) is 39.3 Å². The summed E-state index contributed by atoms with van der Waals surface area (Å²) in [4.78, 5) is 7.20. The van der Waals surface area contributed by atoms with Crippen LogP contribution in [0.5, 0.6) is 0 Å². The van der Waals surface area contributed by atoms with Crippen LogP contribution in [0.1, 0.15) is 0 Å². The number of furan rings is 2. The van der Waals surface area contributed by atoms with Gasteiger partial charge in [0.05, 0.1) is 11.1 Å². The second-order valence-electron chi connectivity index (χ2n) is 12.4. The number of rotatable bonds is 5. The first-order valence-corrected chi connectivity index (χ1v) is 16.4. The fourth-order valence-electron chi connectivity index (χ4n) is 7.14. The smallest absolute Gasteiger partial charge is 0.154 e. The van der Waals surface area contributed by atoms with Crippen LogP contribution in [0.4, 0.5) is 17.1 Å². The number of benzene rings is 7. The first-order chi connectivity index (χ1) is 24.3. The lowest BCUT2D eigenvalue weighted by Gasteiger charge is -2.26. The van der Waals surface area contributed by atoms with E-state index >= 15 is 0 Å². The van der Waals surface area contributed by atoms with Crippen LogP contribution in [-0.2, 0) is 0 Å². The third kappa shape index (κ3) is 4.49. The van der Waals surface area contributed by atoms with E-state index in [1.165, 1.54) is 11.1 Å². The Morgan fingerprint density at radius 1 is 0.429 bits per heavy atom. The minimum atomic E-state index is 0.784. The van der Waals surface area contributed by atoms with E-state index in [4.69, 9.17) is 13.8 Å². The SMILES string of the molecule is c1ccc(-c2ccc(N(c3ccc(-c4cnc5c(c4)oc4c6ccccc6ccc54)cc3)c3cccc4oc5ccccc5c34)cc2)cc1. The Bertz CT molecular complexity index is 2810. The minimum absolute atomic E-state index is 0.784. The lowest BCUT2D eigenvalue weighted by Crippen LogP contribution is -2.10. The van der Waals surface area contributed by atoms with Gasteiger partial charge >= 0.3 is 0 Å². The van der Waals surface area contributed by atoms with E-state index in [-0.39, 0.29) is 0 Å². The molecule has 0 aliphatic heterocycles. The molecule has 0 amide bonds. The van der Waals surface area contributed by atoms with Gasteiger partial charge in [-0.15, -0.1) is 0 Å². The van der Waals surface area contributed by atoms with Crippen molar-refractivity contribution in [1.82, 2.24) is 4.98 Å². The molecule has 0 aliphatic rings. The second kappa shape index (κ2) is 11.0. The van der Waals surface area contributed by atoms with E-state index in [1.54, 1.807) is 0 Å². The Morgan fingerprint density at radius 3 is 1.88 bits per heavy atom. The van der Waals surface area contributed by atoms with E-state index < -0.39 is 0 Å². The van der Waals surface area contributed by atoms with E-state index in [0.717, 1.165) is 83.0 Å². The standard InChI is InChI=1S/C45H28N2O2/c1-2-9-29(10-3-1)30-17-22-34(23-18-30)47(39-14-8-16-41-43(39)37-13-6-7-15-40(37)48-41)35-24-19-31(20-25-35)33-27-42-44(46-28-33)38-26-21-32-11-4-5-12-36(32)45(38)49-42/h1-28H. The zero-order chi connectivity index (χ0) is 32.3. The Kier molecular flexibility index (Phi) is 6.15. The predicted molar refractivity (Wildman–Crippen MR) is 202 cm³/mol. The molecule has 0 fully saturated rings. The summed E-state index contributed by atoms with van der Waals surface area (Å²) in [6.07, 6.45) is 1.94. The van der Waals surface area contributed by atoms with Crippen LogP contribution >= 0.6 is 0 Å². The highest BCUT2D eigenvalue weighted by atomic mass is 16.3. The summed E-state index contributed by atoms with van der Waals surface area (Å²) in [6, 6.07) is 57.1. The van der Waals surface area contributed by atoms with Crippen molar-refractivity contribution in [2.75, 3.05) is 4.90 Å². The van der Waals surface area contributed by atoms with Crippen LogP contribution in [0.25, 0.3) is 77.0 Å². The first kappa shape index (κ1) is 27.5. The van der Waals surface area contributed by atoms with Crippen molar-refractivity contribution in [3.05, 3.63) is 170 Å². The van der Waals surface area contributed by atoms with E-state index in [0.29, 0.717) is 0 Å². The summed E-state index contributed by atoms with van der Waals surface area (Å²) in [5.41, 5.74) is 11.9. The molecule has 49 heavy (non-hydrogen) atoms. The average molecular weight is 629 g/mol. The summed E-state index contributed by atoms with van der Waals surface area (Å²) >= 11 is 0. The highest BCUT2D eigenvalue weighted by Gasteiger charge is 2.20. The second-order valence-corrected chi connectivity index (χ2v) is 12.4. The van der Waals surface area contributed by atoms with Gasteiger partial charge in [-0.05, 0) is 76.7 Å². The molecular weight excluding hydrogens is 601 g/mol. The molecule has 0 radical (unpaired) electrons. The van der Waals surface area contributed by atoms with Crippen LogP contribution < -0.4 is 4.90 Å². The van der Waals surface area contributed by atoms with Gasteiger partial charge in [-0.2, -0.15) is 0 Å². The third-order valence-corrected chi connectivity index (χ3v) is 9.51. The van der Waals surface area contributed by atoms with Gasteiger partial charge < -0.3 is 13.7 Å². The molecule has 4 nitrogen and oxygen atoms in total. The van der Waals surface area contributed by atoms with E-state index in [9.17, 15) is 0 Å². The largest absolute Gasteiger partial charge is 0.456 e. The molecular formula is C45H28N2O2. The molecule has 0 atom stereocenters. The van der Waals surface area contributed by atoms with Gasteiger partial charge in [0.25, 0.3) is 0 Å². The maximum absolute atomic E-state index is 6.44. The molecule has 0 aliphatic carbocycles. The topological polar surface area (TPSA) is 42.4 Å². The maximum Gasteiger partial charge on any atom is 0.154 e. The highest BCUT2D eigenvalue weighted by Crippen LogP contribution is 2.44.